The van der Waals surface area contributed by atoms with E-state index < -0.39 is 0 Å². The molecule has 0 N–H and O–H groups in total. The third-order valence-electron chi connectivity index (χ3n) is 3.11. The van der Waals surface area contributed by atoms with Crippen LogP contribution in [0.1, 0.15) is 20.3 Å². The third kappa shape index (κ3) is 5.46. The van der Waals surface area contributed by atoms with E-state index in [-0.39, 0.29) is 23.8 Å². The summed E-state index contributed by atoms with van der Waals surface area (Å²) in [4.78, 5) is 0. The van der Waals surface area contributed by atoms with Gasteiger partial charge in [-0.3, -0.25) is 0 Å². The minimum absolute atomic E-state index is 0.133. The molecule has 124 valence electrons. The van der Waals surface area contributed by atoms with Crippen LogP contribution < -0.4 is 9.47 Å². The molecule has 1 unspecified atom stereocenters. The second-order valence-electron chi connectivity index (χ2n) is 5.24. The third-order valence-corrected chi connectivity index (χ3v) is 4.35. The Hall–Kier alpha value is -1.14. The molecule has 2 aromatic rings. The van der Waals surface area contributed by atoms with Gasteiger partial charge < -0.3 is 9.47 Å². The molecule has 2 nitrogen and oxygen atoms in total. The SMILES string of the molecule is CC(C[C@H](C)Oc1ccc(F)cc1Br)Oc1ccc(F)cc1Br. The lowest BCUT2D eigenvalue weighted by atomic mass is 10.2. The zero-order chi connectivity index (χ0) is 17.0. The van der Waals surface area contributed by atoms with Crippen LogP contribution in [0, 0.1) is 11.6 Å². The van der Waals surface area contributed by atoms with Crippen molar-refractivity contribution >= 4 is 31.9 Å². The first-order valence-corrected chi connectivity index (χ1v) is 8.67. The van der Waals surface area contributed by atoms with Crippen molar-refractivity contribution in [3.63, 3.8) is 0 Å². The van der Waals surface area contributed by atoms with E-state index in [0.29, 0.717) is 26.9 Å². The molecule has 0 aliphatic carbocycles. The topological polar surface area (TPSA) is 18.5 Å². The van der Waals surface area contributed by atoms with Gasteiger partial charge in [0.25, 0.3) is 0 Å². The summed E-state index contributed by atoms with van der Waals surface area (Å²) < 4.78 is 38.9. The average Bonchev–Trinajstić information content (AvgIpc) is 2.45. The van der Waals surface area contributed by atoms with Crippen molar-refractivity contribution in [2.24, 2.45) is 0 Å². The van der Waals surface area contributed by atoms with Crippen molar-refractivity contribution in [1.82, 2.24) is 0 Å². The Morgan fingerprint density at radius 3 is 1.57 bits per heavy atom. The number of benzene rings is 2. The fourth-order valence-electron chi connectivity index (χ4n) is 2.14. The molecule has 0 bridgehead atoms. The Bertz CT molecular complexity index is 622. The van der Waals surface area contributed by atoms with Crippen molar-refractivity contribution in [2.75, 3.05) is 0 Å². The Labute approximate surface area is 151 Å². The highest BCUT2D eigenvalue weighted by molar-refractivity contribution is 9.10. The summed E-state index contributed by atoms with van der Waals surface area (Å²) in [5.74, 6) is 0.507. The van der Waals surface area contributed by atoms with Crippen LogP contribution in [0.2, 0.25) is 0 Å². The molecule has 0 saturated carbocycles. The van der Waals surface area contributed by atoms with Gasteiger partial charge in [0.05, 0.1) is 21.2 Å². The van der Waals surface area contributed by atoms with Crippen LogP contribution in [-0.4, -0.2) is 12.2 Å². The van der Waals surface area contributed by atoms with E-state index in [0.717, 1.165) is 0 Å². The fourth-order valence-corrected chi connectivity index (χ4v) is 3.03. The molecule has 6 heteroatoms. The first kappa shape index (κ1) is 18.2. The largest absolute Gasteiger partial charge is 0.489 e. The normalized spacial score (nSPS) is 13.5. The molecule has 23 heavy (non-hydrogen) atoms. The summed E-state index contributed by atoms with van der Waals surface area (Å²) in [5.41, 5.74) is 0. The van der Waals surface area contributed by atoms with Gasteiger partial charge in [-0.05, 0) is 82.1 Å². The molecule has 0 fully saturated rings. The molecular weight excluding hydrogens is 434 g/mol. The summed E-state index contributed by atoms with van der Waals surface area (Å²) >= 11 is 6.55. The standard InChI is InChI=1S/C17H16Br2F2O2/c1-10(22-16-5-3-12(20)8-14(16)18)7-11(2)23-17-6-4-13(21)9-15(17)19/h3-6,8-11H,7H2,1-2H3/t10-,11?/m0/s1. The molecule has 2 atom stereocenters. The molecule has 0 amide bonds. The lowest BCUT2D eigenvalue weighted by molar-refractivity contribution is 0.129. The smallest absolute Gasteiger partial charge is 0.134 e. The maximum absolute atomic E-state index is 13.1. The van der Waals surface area contributed by atoms with Gasteiger partial charge >= 0.3 is 0 Å². The molecular formula is C17H16Br2F2O2. The van der Waals surface area contributed by atoms with Crippen LogP contribution in [0.3, 0.4) is 0 Å². The van der Waals surface area contributed by atoms with Gasteiger partial charge in [-0.2, -0.15) is 0 Å². The highest BCUT2D eigenvalue weighted by atomic mass is 79.9. The first-order chi connectivity index (χ1) is 10.8. The number of halogens is 4. The number of hydrogen-bond donors (Lipinski definition) is 0. The van der Waals surface area contributed by atoms with E-state index in [2.05, 4.69) is 31.9 Å². The van der Waals surface area contributed by atoms with E-state index >= 15 is 0 Å². The summed E-state index contributed by atoms with van der Waals surface area (Å²) in [6, 6.07) is 8.58. The maximum Gasteiger partial charge on any atom is 0.134 e. The molecule has 0 aromatic heterocycles. The fraction of sp³-hybridized carbons (Fsp3) is 0.294. The van der Waals surface area contributed by atoms with Crippen molar-refractivity contribution in [1.29, 1.82) is 0 Å². The molecule has 2 aromatic carbocycles. The molecule has 0 heterocycles. The highest BCUT2D eigenvalue weighted by Crippen LogP contribution is 2.29. The van der Waals surface area contributed by atoms with Gasteiger partial charge in [0.2, 0.25) is 0 Å². The first-order valence-electron chi connectivity index (χ1n) is 7.08. The minimum Gasteiger partial charge on any atom is -0.489 e. The summed E-state index contributed by atoms with van der Waals surface area (Å²) in [5, 5.41) is 0. The molecule has 0 spiro atoms. The highest BCUT2D eigenvalue weighted by Gasteiger charge is 2.15. The van der Waals surface area contributed by atoms with Crippen LogP contribution >= 0.6 is 31.9 Å². The summed E-state index contributed by atoms with van der Waals surface area (Å²) in [6.07, 6.45) is 0.352. The van der Waals surface area contributed by atoms with E-state index in [9.17, 15) is 8.78 Å². The van der Waals surface area contributed by atoms with Crippen molar-refractivity contribution in [3.8, 4) is 11.5 Å². The Balaban J connectivity index is 1.92. The Morgan fingerprint density at radius 1 is 0.826 bits per heavy atom. The summed E-state index contributed by atoms with van der Waals surface area (Å²) in [6.45, 7) is 3.82. The van der Waals surface area contributed by atoms with Crippen molar-refractivity contribution in [2.45, 2.75) is 32.5 Å². The minimum atomic E-state index is -0.324. The molecule has 0 saturated heterocycles. The second-order valence-corrected chi connectivity index (χ2v) is 6.95. The average molecular weight is 450 g/mol. The lowest BCUT2D eigenvalue weighted by Gasteiger charge is -2.21. The Kier molecular flexibility index (Phi) is 6.41. The van der Waals surface area contributed by atoms with Crippen LogP contribution in [0.4, 0.5) is 8.78 Å². The van der Waals surface area contributed by atoms with Gasteiger partial charge in [0, 0.05) is 6.42 Å². The van der Waals surface area contributed by atoms with E-state index in [1.807, 2.05) is 13.8 Å². The number of rotatable bonds is 6. The van der Waals surface area contributed by atoms with Crippen LogP contribution in [0.25, 0.3) is 0 Å². The van der Waals surface area contributed by atoms with E-state index in [1.165, 1.54) is 24.3 Å². The predicted molar refractivity (Wildman–Crippen MR) is 93.0 cm³/mol. The molecule has 0 aliphatic heterocycles. The van der Waals surface area contributed by atoms with Crippen LogP contribution in [0.5, 0.6) is 11.5 Å². The van der Waals surface area contributed by atoms with E-state index in [1.54, 1.807) is 12.1 Å². The predicted octanol–water partition coefficient (Wildman–Crippen LogP) is 6.11. The van der Waals surface area contributed by atoms with Gasteiger partial charge in [0.15, 0.2) is 0 Å². The summed E-state index contributed by atoms with van der Waals surface area (Å²) in [7, 11) is 0. The van der Waals surface area contributed by atoms with Gasteiger partial charge in [-0.1, -0.05) is 0 Å². The lowest BCUT2D eigenvalue weighted by Crippen LogP contribution is -2.23. The van der Waals surface area contributed by atoms with Crippen molar-refractivity contribution < 1.29 is 18.3 Å². The Morgan fingerprint density at radius 2 is 1.22 bits per heavy atom. The quantitative estimate of drug-likeness (QED) is 0.529. The molecule has 0 aliphatic rings. The van der Waals surface area contributed by atoms with Gasteiger partial charge in [0.1, 0.15) is 23.1 Å². The molecule has 2 rings (SSSR count). The van der Waals surface area contributed by atoms with Crippen LogP contribution in [0.15, 0.2) is 45.3 Å². The van der Waals surface area contributed by atoms with Crippen molar-refractivity contribution in [3.05, 3.63) is 57.0 Å². The van der Waals surface area contributed by atoms with Crippen LogP contribution in [-0.2, 0) is 0 Å². The monoisotopic (exact) mass is 448 g/mol. The maximum atomic E-state index is 13.1. The molecule has 0 radical (unpaired) electrons. The number of ether oxygens (including phenoxy) is 2. The number of hydrogen-bond acceptors (Lipinski definition) is 2. The zero-order valence-electron chi connectivity index (χ0n) is 12.7. The zero-order valence-corrected chi connectivity index (χ0v) is 15.8. The van der Waals surface area contributed by atoms with Gasteiger partial charge in [-0.15, -0.1) is 0 Å². The second kappa shape index (κ2) is 8.11. The van der Waals surface area contributed by atoms with E-state index in [4.69, 9.17) is 9.47 Å². The van der Waals surface area contributed by atoms with Gasteiger partial charge in [-0.25, -0.2) is 8.78 Å².